The fraction of sp³-hybridized carbons (Fsp3) is 0.571. The first kappa shape index (κ1) is 23.0. The number of carbonyl (C=O) groups is 2. The third kappa shape index (κ3) is 4.51. The molecular weight excluding hydrogens is 406 g/mol. The summed E-state index contributed by atoms with van der Waals surface area (Å²) in [5.41, 5.74) is 0.655. The van der Waals surface area contributed by atoms with Crippen molar-refractivity contribution in [2.45, 2.75) is 43.5 Å². The molecule has 2 aromatic rings. The second-order valence-electron chi connectivity index (χ2n) is 8.30. The van der Waals surface area contributed by atoms with Crippen molar-refractivity contribution in [2.24, 2.45) is 7.05 Å². The number of aliphatic hydroxyl groups is 2. The highest BCUT2D eigenvalue weighted by Gasteiger charge is 2.48. The first-order chi connectivity index (χ1) is 14.7. The smallest absolute Gasteiger partial charge is 0.337 e. The molecule has 31 heavy (non-hydrogen) atoms. The molecule has 1 aromatic carbocycles. The molecular formula is C21H29N3O7. The maximum absolute atomic E-state index is 11.8. The zero-order valence-electron chi connectivity index (χ0n) is 17.9. The summed E-state index contributed by atoms with van der Waals surface area (Å²) in [5.74, 6) is 0.465. The molecule has 1 spiro atoms. The summed E-state index contributed by atoms with van der Waals surface area (Å²) in [4.78, 5) is 27.1. The second-order valence-corrected chi connectivity index (χ2v) is 8.30. The van der Waals surface area contributed by atoms with Crippen LogP contribution in [0.15, 0.2) is 18.2 Å². The van der Waals surface area contributed by atoms with Crippen LogP contribution in [0.2, 0.25) is 0 Å². The molecule has 3 N–H and O–H groups in total. The number of fused-ring (bicyclic) bond motifs is 1. The maximum atomic E-state index is 11.8. The van der Waals surface area contributed by atoms with Crippen molar-refractivity contribution in [1.29, 1.82) is 0 Å². The van der Waals surface area contributed by atoms with Crippen molar-refractivity contribution in [3.63, 3.8) is 0 Å². The lowest BCUT2D eigenvalue weighted by Crippen LogP contribution is -2.59. The number of rotatable bonds is 2. The van der Waals surface area contributed by atoms with Crippen molar-refractivity contribution in [3.8, 4) is 0 Å². The van der Waals surface area contributed by atoms with E-state index in [4.69, 9.17) is 24.4 Å². The molecule has 170 valence electrons. The largest absolute Gasteiger partial charge is 0.483 e. The fourth-order valence-corrected chi connectivity index (χ4v) is 4.41. The van der Waals surface area contributed by atoms with E-state index in [0.29, 0.717) is 12.0 Å². The van der Waals surface area contributed by atoms with Gasteiger partial charge in [0.05, 0.1) is 41.5 Å². The number of anilines is 1. The van der Waals surface area contributed by atoms with E-state index in [2.05, 4.69) is 4.90 Å². The van der Waals surface area contributed by atoms with E-state index in [1.807, 2.05) is 17.7 Å². The van der Waals surface area contributed by atoms with Crippen molar-refractivity contribution in [1.82, 2.24) is 9.55 Å². The van der Waals surface area contributed by atoms with Crippen molar-refractivity contribution < 1.29 is 34.4 Å². The Balaban J connectivity index is 0.000000858. The van der Waals surface area contributed by atoms with Gasteiger partial charge in [-0.2, -0.15) is 0 Å². The zero-order valence-corrected chi connectivity index (χ0v) is 17.9. The molecule has 4 rings (SSSR count). The predicted octanol–water partition coefficient (Wildman–Crippen LogP) is 0.932. The van der Waals surface area contributed by atoms with Gasteiger partial charge in [0, 0.05) is 26.6 Å². The number of hydrogen-bond acceptors (Lipinski definition) is 8. The number of hydrogen-bond donors (Lipinski definition) is 3. The third-order valence-electron chi connectivity index (χ3n) is 6.18. The van der Waals surface area contributed by atoms with Crippen molar-refractivity contribution in [3.05, 3.63) is 23.8 Å². The average Bonchev–Trinajstić information content (AvgIpc) is 3.07. The molecule has 0 saturated carbocycles. The number of ether oxygens (including phenoxy) is 2. The Morgan fingerprint density at radius 1 is 1.35 bits per heavy atom. The number of methoxy groups -OCH3 is 1. The Morgan fingerprint density at radius 3 is 2.58 bits per heavy atom. The number of imidazole rings is 1. The molecule has 0 amide bonds. The molecule has 2 atom stereocenters. The quantitative estimate of drug-likeness (QED) is 0.465. The van der Waals surface area contributed by atoms with Crippen LogP contribution in [0, 0.1) is 0 Å². The van der Waals surface area contributed by atoms with Gasteiger partial charge in [0.1, 0.15) is 6.10 Å². The Kier molecular flexibility index (Phi) is 6.54. The van der Waals surface area contributed by atoms with Crippen LogP contribution in [0.25, 0.3) is 11.0 Å². The molecule has 3 heterocycles. The molecule has 2 saturated heterocycles. The molecule has 2 aliphatic heterocycles. The van der Waals surface area contributed by atoms with Crippen molar-refractivity contribution in [2.75, 3.05) is 31.7 Å². The Morgan fingerprint density at radius 2 is 2.00 bits per heavy atom. The normalized spacial score (nSPS) is 25.1. The van der Waals surface area contributed by atoms with Crippen LogP contribution >= 0.6 is 0 Å². The van der Waals surface area contributed by atoms with Gasteiger partial charge in [-0.25, -0.2) is 9.78 Å². The van der Waals surface area contributed by atoms with Gasteiger partial charge >= 0.3 is 5.97 Å². The lowest BCUT2D eigenvalue weighted by Gasteiger charge is -2.50. The maximum Gasteiger partial charge on any atom is 0.337 e. The van der Waals surface area contributed by atoms with E-state index in [9.17, 15) is 15.0 Å². The highest BCUT2D eigenvalue weighted by molar-refractivity contribution is 5.94. The van der Waals surface area contributed by atoms with E-state index in [-0.39, 0.29) is 19.0 Å². The second kappa shape index (κ2) is 8.81. The molecule has 0 aliphatic carbocycles. The molecule has 10 nitrogen and oxygen atoms in total. The molecule has 0 unspecified atom stereocenters. The Labute approximate surface area is 180 Å². The number of aliphatic hydroxyl groups excluding tert-OH is 1. The molecule has 2 fully saturated rings. The number of piperidine rings is 1. The highest BCUT2D eigenvalue weighted by atomic mass is 16.5. The van der Waals surface area contributed by atoms with E-state index >= 15 is 0 Å². The SMILES string of the molecule is COC(=O)c1ccc2c(c1)nc(N1CCC3(CC1)C[C@](C)(O)[C@@H](O)CO3)n2C.O=CO. The van der Waals surface area contributed by atoms with Gasteiger partial charge in [-0.15, -0.1) is 0 Å². The first-order valence-electron chi connectivity index (χ1n) is 10.1. The predicted molar refractivity (Wildman–Crippen MR) is 112 cm³/mol. The number of esters is 1. The van der Waals surface area contributed by atoms with Gasteiger partial charge in [-0.05, 0) is 38.0 Å². The van der Waals surface area contributed by atoms with E-state index < -0.39 is 17.3 Å². The summed E-state index contributed by atoms with van der Waals surface area (Å²) < 4.78 is 12.8. The average molecular weight is 435 g/mol. The Bertz CT molecular complexity index is 948. The van der Waals surface area contributed by atoms with E-state index in [1.165, 1.54) is 7.11 Å². The van der Waals surface area contributed by atoms with Crippen LogP contribution in [-0.2, 0) is 21.3 Å². The fourth-order valence-electron chi connectivity index (χ4n) is 4.41. The lowest BCUT2D eigenvalue weighted by atomic mass is 9.77. The van der Waals surface area contributed by atoms with Crippen LogP contribution in [0.1, 0.15) is 36.5 Å². The molecule has 2 aliphatic rings. The van der Waals surface area contributed by atoms with Gasteiger partial charge in [-0.1, -0.05) is 0 Å². The summed E-state index contributed by atoms with van der Waals surface area (Å²) in [6.07, 6.45) is 1.10. The topological polar surface area (TPSA) is 134 Å². The number of nitrogens with zero attached hydrogens (tertiary/aromatic N) is 3. The monoisotopic (exact) mass is 435 g/mol. The molecule has 10 heteroatoms. The van der Waals surface area contributed by atoms with Gasteiger partial charge in [-0.3, -0.25) is 4.79 Å². The van der Waals surface area contributed by atoms with Crippen LogP contribution < -0.4 is 4.90 Å². The summed E-state index contributed by atoms with van der Waals surface area (Å²) in [6.45, 7) is 3.08. The third-order valence-corrected chi connectivity index (χ3v) is 6.18. The summed E-state index contributed by atoms with van der Waals surface area (Å²) >= 11 is 0. The summed E-state index contributed by atoms with van der Waals surface area (Å²) in [7, 11) is 3.33. The molecule has 1 aromatic heterocycles. The van der Waals surface area contributed by atoms with Crippen molar-refractivity contribution >= 4 is 29.4 Å². The van der Waals surface area contributed by atoms with Gasteiger partial charge in [0.25, 0.3) is 6.47 Å². The van der Waals surface area contributed by atoms with Crippen LogP contribution in [0.4, 0.5) is 5.95 Å². The standard InChI is InChI=1S/C20H27N3O5.CH2O2/c1-19(26)12-20(28-11-16(19)24)6-8-23(9-7-20)18-21-14-10-13(17(25)27-3)4-5-15(14)22(18)2;2-1-3/h4-5,10,16,24,26H,6-9,11-12H2,1-3H3;1H,(H,2,3)/t16-,19-;/m0./s1. The van der Waals surface area contributed by atoms with Crippen LogP contribution in [0.3, 0.4) is 0 Å². The lowest BCUT2D eigenvalue weighted by molar-refractivity contribution is -0.216. The van der Waals surface area contributed by atoms with Gasteiger partial charge in [0.15, 0.2) is 0 Å². The van der Waals surface area contributed by atoms with Gasteiger partial charge in [0.2, 0.25) is 5.95 Å². The first-order valence-corrected chi connectivity index (χ1v) is 10.1. The molecule has 0 radical (unpaired) electrons. The summed E-state index contributed by atoms with van der Waals surface area (Å²) in [6, 6.07) is 5.37. The van der Waals surface area contributed by atoms with E-state index in [0.717, 1.165) is 42.9 Å². The van der Waals surface area contributed by atoms with Gasteiger partial charge < -0.3 is 34.3 Å². The highest BCUT2D eigenvalue weighted by Crippen LogP contribution is 2.40. The number of carbonyl (C=O) groups excluding carboxylic acids is 1. The number of benzene rings is 1. The van der Waals surface area contributed by atoms with Crippen LogP contribution in [0.5, 0.6) is 0 Å². The minimum atomic E-state index is -1.12. The van der Waals surface area contributed by atoms with Crippen LogP contribution in [-0.4, -0.2) is 81.4 Å². The summed E-state index contributed by atoms with van der Waals surface area (Å²) in [5, 5.41) is 27.3. The zero-order chi connectivity index (χ0) is 22.8. The Hall–Kier alpha value is -2.69. The molecule has 0 bridgehead atoms. The van der Waals surface area contributed by atoms with E-state index in [1.54, 1.807) is 19.1 Å². The minimum Gasteiger partial charge on any atom is -0.483 e. The minimum absolute atomic E-state index is 0.162. The number of aromatic nitrogens is 2. The number of carboxylic acid groups (broad SMARTS) is 1. The number of aryl methyl sites for hydroxylation is 1.